The third-order valence-corrected chi connectivity index (χ3v) is 5.16. The number of nitrogens with one attached hydrogen (secondary N) is 2. The zero-order valence-electron chi connectivity index (χ0n) is 17.3. The SMILES string of the molecule is COc1ccc(NC(=O)Nc2cccc(-c3ccc(N4CCCCC4)nn3)c2)cc1F. The minimum Gasteiger partial charge on any atom is -0.494 e. The first-order valence-corrected chi connectivity index (χ1v) is 10.2. The van der Waals surface area contributed by atoms with Crippen molar-refractivity contribution in [2.75, 3.05) is 35.7 Å². The minimum atomic E-state index is -0.547. The summed E-state index contributed by atoms with van der Waals surface area (Å²) in [5.74, 6) is 0.462. The lowest BCUT2D eigenvalue weighted by Gasteiger charge is -2.27. The lowest BCUT2D eigenvalue weighted by molar-refractivity contribution is 0.262. The number of hydrogen-bond donors (Lipinski definition) is 2. The predicted molar refractivity (Wildman–Crippen MR) is 119 cm³/mol. The second-order valence-corrected chi connectivity index (χ2v) is 7.33. The van der Waals surface area contributed by atoms with Gasteiger partial charge in [0.05, 0.1) is 12.8 Å². The fraction of sp³-hybridized carbons (Fsp3) is 0.261. The molecule has 0 bridgehead atoms. The van der Waals surface area contributed by atoms with Crippen molar-refractivity contribution in [2.45, 2.75) is 19.3 Å². The Balaban J connectivity index is 1.42. The number of piperidine rings is 1. The summed E-state index contributed by atoms with van der Waals surface area (Å²) in [5.41, 5.74) is 2.48. The molecular weight excluding hydrogens is 397 g/mol. The van der Waals surface area contributed by atoms with Crippen LogP contribution in [0.2, 0.25) is 0 Å². The molecule has 0 atom stereocenters. The highest BCUT2D eigenvalue weighted by Crippen LogP contribution is 2.24. The number of benzene rings is 2. The van der Waals surface area contributed by atoms with Crippen molar-refractivity contribution in [3.05, 3.63) is 60.4 Å². The molecule has 8 heteroatoms. The monoisotopic (exact) mass is 421 g/mol. The summed E-state index contributed by atoms with van der Waals surface area (Å²) in [6.45, 7) is 2.03. The predicted octanol–water partition coefficient (Wildman–Crippen LogP) is 4.93. The Bertz CT molecular complexity index is 1050. The highest BCUT2D eigenvalue weighted by Gasteiger charge is 2.13. The summed E-state index contributed by atoms with van der Waals surface area (Å²) in [5, 5.41) is 14.1. The molecule has 31 heavy (non-hydrogen) atoms. The lowest BCUT2D eigenvalue weighted by atomic mass is 10.1. The number of nitrogens with zero attached hydrogens (tertiary/aromatic N) is 3. The number of anilines is 3. The number of urea groups is 1. The van der Waals surface area contributed by atoms with E-state index in [0.717, 1.165) is 30.2 Å². The van der Waals surface area contributed by atoms with Crippen molar-refractivity contribution < 1.29 is 13.9 Å². The van der Waals surface area contributed by atoms with Gasteiger partial charge in [0.25, 0.3) is 0 Å². The molecule has 2 heterocycles. The van der Waals surface area contributed by atoms with E-state index in [1.54, 1.807) is 12.1 Å². The number of carbonyl (C=O) groups excluding carboxylic acids is 1. The Morgan fingerprint density at radius 3 is 2.42 bits per heavy atom. The minimum absolute atomic E-state index is 0.117. The third-order valence-electron chi connectivity index (χ3n) is 5.16. The normalized spacial score (nSPS) is 13.5. The molecule has 1 aromatic heterocycles. The molecule has 1 fully saturated rings. The Hall–Kier alpha value is -3.68. The molecule has 4 rings (SSSR count). The van der Waals surface area contributed by atoms with Gasteiger partial charge in [-0.2, -0.15) is 0 Å². The van der Waals surface area contributed by atoms with Gasteiger partial charge in [-0.15, -0.1) is 10.2 Å². The zero-order valence-corrected chi connectivity index (χ0v) is 17.3. The van der Waals surface area contributed by atoms with E-state index in [0.29, 0.717) is 11.4 Å². The Morgan fingerprint density at radius 1 is 0.968 bits per heavy atom. The van der Waals surface area contributed by atoms with Gasteiger partial charge in [-0.3, -0.25) is 0 Å². The van der Waals surface area contributed by atoms with Gasteiger partial charge in [-0.1, -0.05) is 12.1 Å². The number of halogens is 1. The van der Waals surface area contributed by atoms with Crippen LogP contribution in [-0.2, 0) is 0 Å². The largest absolute Gasteiger partial charge is 0.494 e. The standard InChI is InChI=1S/C23H24FN5O2/c1-31-21-10-8-18(15-19(21)24)26-23(30)25-17-7-5-6-16(14-17)20-9-11-22(28-27-20)29-12-3-2-4-13-29/h5-11,14-15H,2-4,12-13H2,1H3,(H2,25,26,30). The molecule has 3 aromatic rings. The number of amides is 2. The van der Waals surface area contributed by atoms with Gasteiger partial charge in [-0.25, -0.2) is 9.18 Å². The highest BCUT2D eigenvalue weighted by atomic mass is 19.1. The van der Waals surface area contributed by atoms with Gasteiger partial charge >= 0.3 is 6.03 Å². The number of methoxy groups -OCH3 is 1. The van der Waals surface area contributed by atoms with Crippen molar-refractivity contribution in [2.24, 2.45) is 0 Å². The van der Waals surface area contributed by atoms with Crippen LogP contribution in [0.5, 0.6) is 5.75 Å². The Morgan fingerprint density at radius 2 is 1.74 bits per heavy atom. The maximum absolute atomic E-state index is 13.8. The van der Waals surface area contributed by atoms with Crippen molar-refractivity contribution in [1.29, 1.82) is 0 Å². The second kappa shape index (κ2) is 9.42. The number of hydrogen-bond acceptors (Lipinski definition) is 5. The first kappa shape index (κ1) is 20.6. The van der Waals surface area contributed by atoms with E-state index in [9.17, 15) is 9.18 Å². The Kier molecular flexibility index (Phi) is 6.26. The summed E-state index contributed by atoms with van der Waals surface area (Å²) in [6.07, 6.45) is 3.63. The molecule has 0 spiro atoms. The molecule has 0 radical (unpaired) electrons. The molecule has 1 aliphatic heterocycles. The smallest absolute Gasteiger partial charge is 0.323 e. The number of carbonyl (C=O) groups is 1. The van der Waals surface area contributed by atoms with Crippen molar-refractivity contribution in [3.63, 3.8) is 0 Å². The first-order valence-electron chi connectivity index (χ1n) is 10.2. The van der Waals surface area contributed by atoms with Gasteiger partial charge in [0.2, 0.25) is 0 Å². The van der Waals surface area contributed by atoms with E-state index in [-0.39, 0.29) is 5.75 Å². The van der Waals surface area contributed by atoms with E-state index >= 15 is 0 Å². The molecule has 2 aromatic carbocycles. The quantitative estimate of drug-likeness (QED) is 0.611. The van der Waals surface area contributed by atoms with Crippen LogP contribution in [0.1, 0.15) is 19.3 Å². The molecule has 0 aliphatic carbocycles. The second-order valence-electron chi connectivity index (χ2n) is 7.33. The zero-order chi connectivity index (χ0) is 21.6. The molecule has 160 valence electrons. The summed E-state index contributed by atoms with van der Waals surface area (Å²) in [7, 11) is 1.39. The van der Waals surface area contributed by atoms with Gasteiger partial charge in [-0.05, 0) is 55.7 Å². The van der Waals surface area contributed by atoms with Gasteiger partial charge < -0.3 is 20.3 Å². The summed E-state index contributed by atoms with van der Waals surface area (Å²) >= 11 is 0. The number of aromatic nitrogens is 2. The molecule has 7 nitrogen and oxygen atoms in total. The molecule has 2 N–H and O–H groups in total. The summed E-state index contributed by atoms with van der Waals surface area (Å²) < 4.78 is 18.7. The average Bonchev–Trinajstić information content (AvgIpc) is 2.80. The molecule has 2 amide bonds. The molecule has 0 saturated carbocycles. The van der Waals surface area contributed by atoms with E-state index in [1.807, 2.05) is 30.3 Å². The molecule has 1 saturated heterocycles. The topological polar surface area (TPSA) is 79.4 Å². The van der Waals surface area contributed by atoms with Crippen LogP contribution in [0.4, 0.5) is 26.4 Å². The van der Waals surface area contributed by atoms with Gasteiger partial charge in [0, 0.05) is 36.1 Å². The lowest BCUT2D eigenvalue weighted by Crippen LogP contribution is -2.30. The Labute approximate surface area is 180 Å². The summed E-state index contributed by atoms with van der Waals surface area (Å²) in [6, 6.07) is 15.0. The van der Waals surface area contributed by atoms with Crippen LogP contribution >= 0.6 is 0 Å². The van der Waals surface area contributed by atoms with Crippen molar-refractivity contribution in [3.8, 4) is 17.0 Å². The fourth-order valence-electron chi connectivity index (χ4n) is 3.56. The van der Waals surface area contributed by atoms with Crippen LogP contribution < -0.4 is 20.3 Å². The maximum Gasteiger partial charge on any atom is 0.323 e. The first-order chi connectivity index (χ1) is 15.1. The van der Waals surface area contributed by atoms with Crippen LogP contribution in [0.3, 0.4) is 0 Å². The van der Waals surface area contributed by atoms with Crippen LogP contribution in [0.25, 0.3) is 11.3 Å². The average molecular weight is 421 g/mol. The van der Waals surface area contributed by atoms with Crippen molar-refractivity contribution >= 4 is 23.2 Å². The fourth-order valence-corrected chi connectivity index (χ4v) is 3.56. The summed E-state index contributed by atoms with van der Waals surface area (Å²) in [4.78, 5) is 14.6. The molecule has 1 aliphatic rings. The van der Waals surface area contributed by atoms with E-state index in [2.05, 4.69) is 25.7 Å². The van der Waals surface area contributed by atoms with Gasteiger partial charge in [0.1, 0.15) is 0 Å². The van der Waals surface area contributed by atoms with Crippen LogP contribution in [-0.4, -0.2) is 36.4 Å². The van der Waals surface area contributed by atoms with Gasteiger partial charge in [0.15, 0.2) is 17.4 Å². The molecular formula is C23H24FN5O2. The third kappa shape index (κ3) is 5.09. The highest BCUT2D eigenvalue weighted by molar-refractivity contribution is 6.00. The van der Waals surface area contributed by atoms with Crippen molar-refractivity contribution in [1.82, 2.24) is 10.2 Å². The number of rotatable bonds is 5. The van der Waals surface area contributed by atoms with E-state index in [1.165, 1.54) is 38.5 Å². The maximum atomic E-state index is 13.8. The van der Waals surface area contributed by atoms with E-state index < -0.39 is 11.8 Å². The van der Waals surface area contributed by atoms with Crippen LogP contribution in [0.15, 0.2) is 54.6 Å². The molecule has 0 unspecified atom stereocenters. The van der Waals surface area contributed by atoms with E-state index in [4.69, 9.17) is 4.74 Å². The number of ether oxygens (including phenoxy) is 1. The van der Waals surface area contributed by atoms with Crippen LogP contribution in [0, 0.1) is 5.82 Å².